The molecule has 0 aromatic heterocycles. The Balaban J connectivity index is 2.00. The Morgan fingerprint density at radius 2 is 2.22 bits per heavy atom. The molecule has 0 saturated carbocycles. The molecule has 0 radical (unpaired) electrons. The van der Waals surface area contributed by atoms with Crippen LogP contribution in [0.4, 0.5) is 0 Å². The third-order valence-corrected chi connectivity index (χ3v) is 3.27. The average Bonchev–Trinajstić information content (AvgIpc) is 2.41. The number of ether oxygens (including phenoxy) is 1. The maximum atomic E-state index is 11.5. The third-order valence-electron chi connectivity index (χ3n) is 3.27. The minimum absolute atomic E-state index is 0.0136. The van der Waals surface area contributed by atoms with Gasteiger partial charge in [0.05, 0.1) is 6.10 Å². The van der Waals surface area contributed by atoms with Crippen LogP contribution < -0.4 is 5.32 Å². The van der Waals surface area contributed by atoms with E-state index in [4.69, 9.17) is 4.74 Å². The van der Waals surface area contributed by atoms with Gasteiger partial charge in [0, 0.05) is 13.2 Å². The summed E-state index contributed by atoms with van der Waals surface area (Å²) < 4.78 is 5.56. The third kappa shape index (κ3) is 7.49. The molecule has 18 heavy (non-hydrogen) atoms. The van der Waals surface area contributed by atoms with Crippen LogP contribution in [0.2, 0.25) is 0 Å². The highest BCUT2D eigenvalue weighted by atomic mass is 16.5. The first kappa shape index (κ1) is 15.2. The predicted octanol–water partition coefficient (Wildman–Crippen LogP) is 3.20. The van der Waals surface area contributed by atoms with Gasteiger partial charge >= 0.3 is 0 Å². The lowest BCUT2D eigenvalue weighted by atomic mass is 10.1. The van der Waals surface area contributed by atoms with Gasteiger partial charge in [0.25, 0.3) is 0 Å². The molecule has 0 spiro atoms. The first-order valence-electron chi connectivity index (χ1n) is 7.39. The van der Waals surface area contributed by atoms with E-state index in [1.807, 2.05) is 6.08 Å². The molecule has 0 bridgehead atoms. The molecule has 1 aliphatic rings. The van der Waals surface area contributed by atoms with Gasteiger partial charge in [0.2, 0.25) is 5.91 Å². The molecule has 0 aromatic rings. The largest absolute Gasteiger partial charge is 0.376 e. The Kier molecular flexibility index (Phi) is 8.57. The van der Waals surface area contributed by atoms with Crippen LogP contribution in [0, 0.1) is 0 Å². The molecule has 1 N–H and O–H groups in total. The minimum atomic E-state index is 0.0136. The lowest BCUT2D eigenvalue weighted by Gasteiger charge is -2.22. The number of hydrogen-bond acceptors (Lipinski definition) is 2. The van der Waals surface area contributed by atoms with E-state index < -0.39 is 0 Å². The monoisotopic (exact) mass is 253 g/mol. The van der Waals surface area contributed by atoms with Crippen molar-refractivity contribution in [3.8, 4) is 0 Å². The van der Waals surface area contributed by atoms with Crippen LogP contribution in [0.5, 0.6) is 0 Å². The first-order chi connectivity index (χ1) is 8.83. The highest BCUT2D eigenvalue weighted by Gasteiger charge is 2.13. The fourth-order valence-electron chi connectivity index (χ4n) is 2.12. The van der Waals surface area contributed by atoms with Gasteiger partial charge < -0.3 is 10.1 Å². The Bertz CT molecular complexity index is 245. The Hall–Kier alpha value is -0.830. The van der Waals surface area contributed by atoms with Gasteiger partial charge in [0.1, 0.15) is 0 Å². The van der Waals surface area contributed by atoms with Crippen LogP contribution in [0.1, 0.15) is 58.3 Å². The number of unbranched alkanes of at least 4 members (excludes halogenated alkanes) is 4. The smallest absolute Gasteiger partial charge is 0.243 e. The number of allylic oxidation sites excluding steroid dienone is 1. The van der Waals surface area contributed by atoms with Crippen molar-refractivity contribution < 1.29 is 9.53 Å². The van der Waals surface area contributed by atoms with E-state index in [9.17, 15) is 4.79 Å². The van der Waals surface area contributed by atoms with Gasteiger partial charge in [-0.2, -0.15) is 0 Å². The molecule has 1 fully saturated rings. The second-order valence-corrected chi connectivity index (χ2v) is 4.99. The second kappa shape index (κ2) is 10.1. The lowest BCUT2D eigenvalue weighted by molar-refractivity contribution is -0.117. The Labute approximate surface area is 111 Å². The summed E-state index contributed by atoms with van der Waals surface area (Å²) in [7, 11) is 0. The summed E-state index contributed by atoms with van der Waals surface area (Å²) in [5, 5.41) is 2.90. The lowest BCUT2D eigenvalue weighted by Crippen LogP contribution is -2.34. The van der Waals surface area contributed by atoms with E-state index in [0.29, 0.717) is 6.54 Å². The molecular weight excluding hydrogens is 226 g/mol. The predicted molar refractivity (Wildman–Crippen MR) is 74.5 cm³/mol. The minimum Gasteiger partial charge on any atom is -0.376 e. The van der Waals surface area contributed by atoms with Crippen molar-refractivity contribution in [2.45, 2.75) is 64.4 Å². The van der Waals surface area contributed by atoms with Gasteiger partial charge in [-0.1, -0.05) is 32.3 Å². The van der Waals surface area contributed by atoms with Gasteiger partial charge in [-0.3, -0.25) is 4.79 Å². The van der Waals surface area contributed by atoms with Crippen LogP contribution in [0.25, 0.3) is 0 Å². The zero-order valence-electron chi connectivity index (χ0n) is 11.6. The highest BCUT2D eigenvalue weighted by Crippen LogP contribution is 2.11. The van der Waals surface area contributed by atoms with Crippen molar-refractivity contribution in [2.24, 2.45) is 0 Å². The quantitative estimate of drug-likeness (QED) is 0.533. The SMILES string of the molecule is CCCCCCC=CC(=O)NCC1CCCCO1. The summed E-state index contributed by atoms with van der Waals surface area (Å²) in [6.45, 7) is 3.70. The molecule has 1 amide bonds. The van der Waals surface area contributed by atoms with Gasteiger partial charge in [-0.25, -0.2) is 0 Å². The van der Waals surface area contributed by atoms with Crippen LogP contribution in [-0.4, -0.2) is 25.2 Å². The zero-order valence-corrected chi connectivity index (χ0v) is 11.6. The standard InChI is InChI=1S/C15H27NO2/c1-2-3-4-5-6-7-11-15(17)16-13-14-10-8-9-12-18-14/h7,11,14H,2-6,8-10,12-13H2,1H3,(H,16,17). The summed E-state index contributed by atoms with van der Waals surface area (Å²) in [5.74, 6) is 0.0136. The molecule has 3 heteroatoms. The maximum Gasteiger partial charge on any atom is 0.243 e. The molecule has 1 saturated heterocycles. The highest BCUT2D eigenvalue weighted by molar-refractivity contribution is 5.87. The fraction of sp³-hybridized carbons (Fsp3) is 0.800. The normalized spacial score (nSPS) is 20.2. The van der Waals surface area contributed by atoms with Crippen molar-refractivity contribution in [2.75, 3.05) is 13.2 Å². The van der Waals surface area contributed by atoms with E-state index in [1.54, 1.807) is 6.08 Å². The first-order valence-corrected chi connectivity index (χ1v) is 7.39. The number of hydrogen-bond donors (Lipinski definition) is 1. The molecule has 3 nitrogen and oxygen atoms in total. The fourth-order valence-corrected chi connectivity index (χ4v) is 2.12. The molecule has 0 aromatic carbocycles. The molecule has 0 aliphatic carbocycles. The Morgan fingerprint density at radius 1 is 1.33 bits per heavy atom. The topological polar surface area (TPSA) is 38.3 Å². The van der Waals surface area contributed by atoms with Crippen molar-refractivity contribution in [1.29, 1.82) is 0 Å². The molecule has 1 unspecified atom stereocenters. The maximum absolute atomic E-state index is 11.5. The Morgan fingerprint density at radius 3 is 2.94 bits per heavy atom. The van der Waals surface area contributed by atoms with Crippen LogP contribution in [0.15, 0.2) is 12.2 Å². The molecule has 1 heterocycles. The van der Waals surface area contributed by atoms with Crippen LogP contribution in [0.3, 0.4) is 0 Å². The average molecular weight is 253 g/mol. The van der Waals surface area contributed by atoms with Crippen molar-refractivity contribution in [1.82, 2.24) is 5.32 Å². The molecule has 1 atom stereocenters. The van der Waals surface area contributed by atoms with Crippen LogP contribution >= 0.6 is 0 Å². The van der Waals surface area contributed by atoms with Crippen molar-refractivity contribution >= 4 is 5.91 Å². The summed E-state index contributed by atoms with van der Waals surface area (Å²) in [4.78, 5) is 11.5. The second-order valence-electron chi connectivity index (χ2n) is 4.99. The molecule has 1 rings (SSSR count). The van der Waals surface area contributed by atoms with E-state index in [0.717, 1.165) is 25.9 Å². The van der Waals surface area contributed by atoms with E-state index in [1.165, 1.54) is 32.1 Å². The summed E-state index contributed by atoms with van der Waals surface area (Å²) in [6, 6.07) is 0. The van der Waals surface area contributed by atoms with Gasteiger partial charge in [0.15, 0.2) is 0 Å². The molecular formula is C15H27NO2. The number of carbonyl (C=O) groups is 1. The van der Waals surface area contributed by atoms with Gasteiger partial charge in [-0.05, 0) is 38.2 Å². The summed E-state index contributed by atoms with van der Waals surface area (Å²) in [5.41, 5.74) is 0. The van der Waals surface area contributed by atoms with E-state index in [-0.39, 0.29) is 12.0 Å². The molecule has 104 valence electrons. The number of amides is 1. The van der Waals surface area contributed by atoms with Crippen molar-refractivity contribution in [3.05, 3.63) is 12.2 Å². The summed E-state index contributed by atoms with van der Waals surface area (Å²) in [6.07, 6.45) is 13.3. The van der Waals surface area contributed by atoms with Crippen molar-refractivity contribution in [3.63, 3.8) is 0 Å². The number of rotatable bonds is 8. The summed E-state index contributed by atoms with van der Waals surface area (Å²) >= 11 is 0. The van der Waals surface area contributed by atoms with E-state index >= 15 is 0 Å². The molecule has 1 aliphatic heterocycles. The number of carbonyl (C=O) groups excluding carboxylic acids is 1. The number of nitrogens with one attached hydrogen (secondary N) is 1. The van der Waals surface area contributed by atoms with Crippen LogP contribution in [-0.2, 0) is 9.53 Å². The van der Waals surface area contributed by atoms with E-state index in [2.05, 4.69) is 12.2 Å². The van der Waals surface area contributed by atoms with Gasteiger partial charge in [-0.15, -0.1) is 0 Å². The zero-order chi connectivity index (χ0) is 13.1.